The summed E-state index contributed by atoms with van der Waals surface area (Å²) in [5.41, 5.74) is 5.81. The van der Waals surface area contributed by atoms with Crippen LogP contribution in [0.2, 0.25) is 0 Å². The van der Waals surface area contributed by atoms with Gasteiger partial charge in [0.1, 0.15) is 5.82 Å². The van der Waals surface area contributed by atoms with Gasteiger partial charge in [-0.25, -0.2) is 9.97 Å². The lowest BCUT2D eigenvalue weighted by Gasteiger charge is -2.26. The molecule has 3 heterocycles. The lowest BCUT2D eigenvalue weighted by atomic mass is 10.0. The van der Waals surface area contributed by atoms with Gasteiger partial charge in [0, 0.05) is 24.7 Å². The van der Waals surface area contributed by atoms with E-state index in [1.807, 2.05) is 37.1 Å². The highest BCUT2D eigenvalue weighted by Crippen LogP contribution is 2.38. The van der Waals surface area contributed by atoms with Gasteiger partial charge in [0.25, 0.3) is 0 Å². The van der Waals surface area contributed by atoms with Crippen LogP contribution in [0.4, 0.5) is 0 Å². The third kappa shape index (κ3) is 4.38. The van der Waals surface area contributed by atoms with Crippen LogP contribution < -0.4 is 0 Å². The molecule has 1 fully saturated rings. The molecule has 1 amide bonds. The monoisotopic (exact) mass is 418 g/mol. The van der Waals surface area contributed by atoms with Gasteiger partial charge >= 0.3 is 0 Å². The van der Waals surface area contributed by atoms with Gasteiger partial charge in [0.15, 0.2) is 5.76 Å². The molecule has 1 aromatic carbocycles. The summed E-state index contributed by atoms with van der Waals surface area (Å²) in [7, 11) is 0. The van der Waals surface area contributed by atoms with E-state index in [9.17, 15) is 4.79 Å². The zero-order valence-corrected chi connectivity index (χ0v) is 18.8. The molecule has 6 nitrogen and oxygen atoms in total. The smallest absolute Gasteiger partial charge is 0.227 e. The van der Waals surface area contributed by atoms with Crippen LogP contribution in [-0.4, -0.2) is 32.5 Å². The van der Waals surface area contributed by atoms with Gasteiger partial charge < -0.3 is 9.42 Å². The highest BCUT2D eigenvalue weighted by Gasteiger charge is 2.34. The summed E-state index contributed by atoms with van der Waals surface area (Å²) in [5, 5.41) is 4.12. The van der Waals surface area contributed by atoms with Crippen LogP contribution >= 0.6 is 0 Å². The average Bonchev–Trinajstić information content (AvgIpc) is 3.38. The Morgan fingerprint density at radius 1 is 1.19 bits per heavy atom. The predicted molar refractivity (Wildman–Crippen MR) is 120 cm³/mol. The number of carbonyl (C=O) groups is 1. The number of hydrogen-bond donors (Lipinski definition) is 0. The van der Waals surface area contributed by atoms with Crippen LogP contribution in [-0.2, 0) is 17.6 Å². The first-order valence-corrected chi connectivity index (χ1v) is 11.1. The third-order valence-electron chi connectivity index (χ3n) is 6.11. The Morgan fingerprint density at radius 3 is 2.65 bits per heavy atom. The molecule has 0 spiro atoms. The highest BCUT2D eigenvalue weighted by atomic mass is 16.5. The van der Waals surface area contributed by atoms with E-state index in [0.29, 0.717) is 12.2 Å². The minimum absolute atomic E-state index is 0.0728. The van der Waals surface area contributed by atoms with Crippen molar-refractivity contribution in [2.24, 2.45) is 0 Å². The van der Waals surface area contributed by atoms with Crippen molar-refractivity contribution >= 4 is 5.91 Å². The highest BCUT2D eigenvalue weighted by molar-refractivity contribution is 5.80. The molecule has 1 atom stereocenters. The van der Waals surface area contributed by atoms with Crippen molar-refractivity contribution in [3.8, 4) is 11.3 Å². The number of hydrogen-bond acceptors (Lipinski definition) is 5. The first-order valence-electron chi connectivity index (χ1n) is 11.1. The van der Waals surface area contributed by atoms with Gasteiger partial charge in [0.05, 0.1) is 29.4 Å². The Hall–Kier alpha value is -3.02. The van der Waals surface area contributed by atoms with Crippen molar-refractivity contribution in [3.05, 3.63) is 64.4 Å². The van der Waals surface area contributed by atoms with Crippen molar-refractivity contribution in [2.45, 2.75) is 65.8 Å². The summed E-state index contributed by atoms with van der Waals surface area (Å²) in [4.78, 5) is 24.7. The van der Waals surface area contributed by atoms with E-state index in [1.54, 1.807) is 0 Å². The van der Waals surface area contributed by atoms with Crippen molar-refractivity contribution in [3.63, 3.8) is 0 Å². The summed E-state index contributed by atoms with van der Waals surface area (Å²) in [6.45, 7) is 8.85. The van der Waals surface area contributed by atoms with Crippen LogP contribution in [0.3, 0.4) is 0 Å². The molecule has 0 unspecified atom stereocenters. The molecule has 1 aliphatic rings. The van der Waals surface area contributed by atoms with Crippen molar-refractivity contribution < 1.29 is 9.32 Å². The fourth-order valence-corrected chi connectivity index (χ4v) is 4.20. The molecule has 0 radical (unpaired) electrons. The molecule has 0 aliphatic carbocycles. The maximum absolute atomic E-state index is 13.3. The molecule has 31 heavy (non-hydrogen) atoms. The first kappa shape index (κ1) is 21.2. The Balaban J connectivity index is 1.68. The largest absolute Gasteiger partial charge is 0.356 e. The van der Waals surface area contributed by atoms with E-state index >= 15 is 0 Å². The number of likely N-dealkylation sites (tertiary alicyclic amines) is 1. The number of nitrogens with zero attached hydrogens (tertiary/aromatic N) is 4. The summed E-state index contributed by atoms with van der Waals surface area (Å²) in [5.74, 6) is 1.65. The first-order chi connectivity index (χ1) is 15.0. The molecule has 4 rings (SSSR count). The van der Waals surface area contributed by atoms with Crippen LogP contribution in [0, 0.1) is 20.8 Å². The fraction of sp³-hybridized carbons (Fsp3) is 0.440. The summed E-state index contributed by atoms with van der Waals surface area (Å²) < 4.78 is 5.65. The van der Waals surface area contributed by atoms with E-state index in [1.165, 1.54) is 5.56 Å². The third-order valence-corrected chi connectivity index (χ3v) is 6.11. The Kier molecular flexibility index (Phi) is 6.16. The molecule has 3 aromatic rings. The Bertz CT molecular complexity index is 1070. The van der Waals surface area contributed by atoms with Gasteiger partial charge in [-0.05, 0) is 45.6 Å². The molecule has 1 aliphatic heterocycles. The maximum atomic E-state index is 13.3. The lowest BCUT2D eigenvalue weighted by Crippen LogP contribution is -2.32. The van der Waals surface area contributed by atoms with E-state index in [0.717, 1.165) is 66.1 Å². The molecular formula is C25H30N4O2. The fourth-order valence-electron chi connectivity index (χ4n) is 4.20. The topological polar surface area (TPSA) is 72.1 Å². The molecule has 6 heteroatoms. The van der Waals surface area contributed by atoms with E-state index in [2.05, 4.69) is 36.1 Å². The molecule has 0 saturated carbocycles. The minimum atomic E-state index is -0.0728. The predicted octanol–water partition coefficient (Wildman–Crippen LogP) is 4.92. The molecule has 162 valence electrons. The number of benzene rings is 1. The van der Waals surface area contributed by atoms with Crippen LogP contribution in [0.5, 0.6) is 0 Å². The van der Waals surface area contributed by atoms with Gasteiger partial charge in [0.2, 0.25) is 5.91 Å². The lowest BCUT2D eigenvalue weighted by molar-refractivity contribution is -0.131. The molecule has 2 aromatic heterocycles. The van der Waals surface area contributed by atoms with Gasteiger partial charge in [-0.2, -0.15) is 0 Å². The SMILES string of the molecule is CCCc1ncc(-c2onc(C)c2C)c([C@@H]2CCCN2C(=O)Cc2ccc(C)cc2)n1. The van der Waals surface area contributed by atoms with Crippen LogP contribution in [0.25, 0.3) is 11.3 Å². The van der Waals surface area contributed by atoms with Crippen molar-refractivity contribution in [1.82, 2.24) is 20.0 Å². The number of rotatable bonds is 6. The zero-order chi connectivity index (χ0) is 22.0. The number of carbonyl (C=O) groups excluding carboxylic acids is 1. The summed E-state index contributed by atoms with van der Waals surface area (Å²) in [6.07, 6.45) is 5.89. The van der Waals surface area contributed by atoms with Crippen LogP contribution in [0.1, 0.15) is 66.1 Å². The zero-order valence-electron chi connectivity index (χ0n) is 18.8. The van der Waals surface area contributed by atoms with E-state index in [4.69, 9.17) is 9.51 Å². The minimum Gasteiger partial charge on any atom is -0.356 e. The van der Waals surface area contributed by atoms with Crippen molar-refractivity contribution in [2.75, 3.05) is 6.54 Å². The normalized spacial score (nSPS) is 16.1. The van der Waals surface area contributed by atoms with Crippen molar-refractivity contribution in [1.29, 1.82) is 0 Å². The second-order valence-corrected chi connectivity index (χ2v) is 8.46. The molecule has 0 bridgehead atoms. The maximum Gasteiger partial charge on any atom is 0.227 e. The Morgan fingerprint density at radius 2 is 1.97 bits per heavy atom. The van der Waals surface area contributed by atoms with Gasteiger partial charge in [-0.15, -0.1) is 0 Å². The number of aromatic nitrogens is 3. The average molecular weight is 419 g/mol. The van der Waals surface area contributed by atoms with E-state index < -0.39 is 0 Å². The van der Waals surface area contributed by atoms with Gasteiger partial charge in [-0.1, -0.05) is 41.9 Å². The van der Waals surface area contributed by atoms with Gasteiger partial charge in [-0.3, -0.25) is 4.79 Å². The molecular weight excluding hydrogens is 388 g/mol. The standard InChI is InChI=1S/C25H30N4O2/c1-5-7-22-26-15-20(25-17(3)18(4)28-31-25)24(27-22)21-8-6-13-29(21)23(30)14-19-11-9-16(2)10-12-19/h9-12,15,21H,5-8,13-14H2,1-4H3/t21-/m0/s1. The number of amides is 1. The Labute approximate surface area is 183 Å². The number of aryl methyl sites for hydroxylation is 3. The van der Waals surface area contributed by atoms with E-state index in [-0.39, 0.29) is 11.9 Å². The summed E-state index contributed by atoms with van der Waals surface area (Å²) >= 11 is 0. The molecule has 0 N–H and O–H groups in total. The summed E-state index contributed by atoms with van der Waals surface area (Å²) in [6, 6.07) is 8.11. The second kappa shape index (κ2) is 9.00. The second-order valence-electron chi connectivity index (χ2n) is 8.46. The van der Waals surface area contributed by atoms with Crippen LogP contribution in [0.15, 0.2) is 35.0 Å². The molecule has 1 saturated heterocycles. The quantitative estimate of drug-likeness (QED) is 0.568.